The lowest BCUT2D eigenvalue weighted by Gasteiger charge is -2.12. The molecule has 0 amide bonds. The van der Waals surface area contributed by atoms with Gasteiger partial charge in [-0.25, -0.2) is 9.97 Å². The third-order valence-corrected chi connectivity index (χ3v) is 3.31. The van der Waals surface area contributed by atoms with E-state index in [1.807, 2.05) is 12.3 Å². The molecule has 1 aliphatic carbocycles. The Kier molecular flexibility index (Phi) is 2.07. The summed E-state index contributed by atoms with van der Waals surface area (Å²) in [4.78, 5) is 8.23. The normalized spacial score (nSPS) is 25.3. The Morgan fingerprint density at radius 1 is 1.38 bits per heavy atom. The largest absolute Gasteiger partial charge is 0.393 e. The van der Waals surface area contributed by atoms with E-state index in [4.69, 9.17) is 5.73 Å². The fourth-order valence-corrected chi connectivity index (χ4v) is 2.47. The van der Waals surface area contributed by atoms with Crippen LogP contribution in [0.3, 0.4) is 0 Å². The lowest BCUT2D eigenvalue weighted by atomic mass is 10.2. The third-order valence-electron chi connectivity index (χ3n) is 3.31. The Labute approximate surface area is 92.9 Å². The van der Waals surface area contributed by atoms with Gasteiger partial charge < -0.3 is 15.4 Å². The second kappa shape index (κ2) is 3.45. The highest BCUT2D eigenvalue weighted by molar-refractivity contribution is 5.86. The number of rotatable bonds is 1. The van der Waals surface area contributed by atoms with Gasteiger partial charge in [0.25, 0.3) is 0 Å². The number of aliphatic hydroxyl groups is 1. The zero-order valence-corrected chi connectivity index (χ0v) is 8.87. The average Bonchev–Trinajstić information content (AvgIpc) is 2.84. The number of fused-ring (bicyclic) bond motifs is 1. The number of nitrogens with zero attached hydrogens (tertiary/aromatic N) is 3. The minimum absolute atomic E-state index is 0.179. The monoisotopic (exact) mass is 218 g/mol. The van der Waals surface area contributed by atoms with Crippen molar-refractivity contribution in [1.29, 1.82) is 0 Å². The average molecular weight is 218 g/mol. The van der Waals surface area contributed by atoms with Crippen LogP contribution in [0.5, 0.6) is 0 Å². The predicted molar refractivity (Wildman–Crippen MR) is 60.8 cm³/mol. The summed E-state index contributed by atoms with van der Waals surface area (Å²) in [6, 6.07) is 2.27. The van der Waals surface area contributed by atoms with Crippen molar-refractivity contribution in [2.24, 2.45) is 0 Å². The quantitative estimate of drug-likeness (QED) is 0.751. The minimum Gasteiger partial charge on any atom is -0.393 e. The van der Waals surface area contributed by atoms with Crippen LogP contribution in [0.1, 0.15) is 25.3 Å². The highest BCUT2D eigenvalue weighted by Crippen LogP contribution is 2.33. The standard InChI is InChI=1S/C11H14N4O/c12-10-9-3-4-15(11(9)14-6-13-10)7-1-2-8(16)5-7/h3-4,6-8,16H,1-2,5H2,(H2,12,13,14). The molecular weight excluding hydrogens is 204 g/mol. The van der Waals surface area contributed by atoms with Crippen molar-refractivity contribution < 1.29 is 5.11 Å². The summed E-state index contributed by atoms with van der Waals surface area (Å²) < 4.78 is 2.10. The van der Waals surface area contributed by atoms with Gasteiger partial charge >= 0.3 is 0 Å². The Balaban J connectivity index is 2.08. The number of nitrogen functional groups attached to an aromatic ring is 1. The van der Waals surface area contributed by atoms with Crippen LogP contribution in [0.2, 0.25) is 0 Å². The molecule has 1 aliphatic rings. The molecule has 2 aromatic rings. The van der Waals surface area contributed by atoms with Crippen LogP contribution < -0.4 is 5.73 Å². The van der Waals surface area contributed by atoms with Crippen LogP contribution in [0.25, 0.3) is 11.0 Å². The lowest BCUT2D eigenvalue weighted by molar-refractivity contribution is 0.178. The van der Waals surface area contributed by atoms with Crippen LogP contribution in [0, 0.1) is 0 Å². The fourth-order valence-electron chi connectivity index (χ4n) is 2.47. The SMILES string of the molecule is Nc1ncnc2c1ccn2C1CCC(O)C1. The van der Waals surface area contributed by atoms with Gasteiger partial charge in [0, 0.05) is 12.2 Å². The second-order valence-electron chi connectivity index (χ2n) is 4.34. The zero-order chi connectivity index (χ0) is 11.1. The van der Waals surface area contributed by atoms with E-state index in [-0.39, 0.29) is 6.10 Å². The van der Waals surface area contributed by atoms with Crippen molar-refractivity contribution in [3.05, 3.63) is 18.6 Å². The smallest absolute Gasteiger partial charge is 0.145 e. The van der Waals surface area contributed by atoms with E-state index in [0.717, 1.165) is 30.3 Å². The number of anilines is 1. The Hall–Kier alpha value is -1.62. The van der Waals surface area contributed by atoms with Crippen molar-refractivity contribution in [3.8, 4) is 0 Å². The van der Waals surface area contributed by atoms with Gasteiger partial charge in [-0.3, -0.25) is 0 Å². The maximum Gasteiger partial charge on any atom is 0.145 e. The first-order chi connectivity index (χ1) is 7.75. The summed E-state index contributed by atoms with van der Waals surface area (Å²) in [6.07, 6.45) is 5.95. The summed E-state index contributed by atoms with van der Waals surface area (Å²) in [6.45, 7) is 0. The van der Waals surface area contributed by atoms with E-state index in [1.165, 1.54) is 6.33 Å². The number of aliphatic hydroxyl groups excluding tert-OH is 1. The van der Waals surface area contributed by atoms with Crippen LogP contribution in [0.15, 0.2) is 18.6 Å². The van der Waals surface area contributed by atoms with Gasteiger partial charge in [0.15, 0.2) is 0 Å². The molecule has 5 nitrogen and oxygen atoms in total. The molecule has 84 valence electrons. The molecule has 0 spiro atoms. The van der Waals surface area contributed by atoms with Crippen LogP contribution >= 0.6 is 0 Å². The van der Waals surface area contributed by atoms with E-state index >= 15 is 0 Å². The predicted octanol–water partition coefficient (Wildman–Crippen LogP) is 1.10. The number of nitrogens with two attached hydrogens (primary N) is 1. The molecular formula is C11H14N4O. The van der Waals surface area contributed by atoms with Gasteiger partial charge in [-0.2, -0.15) is 0 Å². The third kappa shape index (κ3) is 1.36. The van der Waals surface area contributed by atoms with Gasteiger partial charge in [-0.05, 0) is 25.3 Å². The van der Waals surface area contributed by atoms with Crippen molar-refractivity contribution >= 4 is 16.9 Å². The molecule has 3 rings (SSSR count). The number of hydrogen-bond donors (Lipinski definition) is 2. The summed E-state index contributed by atoms with van der Waals surface area (Å²) in [5.41, 5.74) is 6.65. The van der Waals surface area contributed by atoms with Crippen LogP contribution in [-0.2, 0) is 0 Å². The maximum atomic E-state index is 9.55. The van der Waals surface area contributed by atoms with Crippen molar-refractivity contribution in [3.63, 3.8) is 0 Å². The molecule has 0 aliphatic heterocycles. The van der Waals surface area contributed by atoms with E-state index in [0.29, 0.717) is 11.9 Å². The maximum absolute atomic E-state index is 9.55. The lowest BCUT2D eigenvalue weighted by Crippen LogP contribution is -2.07. The minimum atomic E-state index is -0.179. The first-order valence-corrected chi connectivity index (χ1v) is 5.51. The highest BCUT2D eigenvalue weighted by atomic mass is 16.3. The molecule has 0 aromatic carbocycles. The number of aromatic nitrogens is 3. The number of hydrogen-bond acceptors (Lipinski definition) is 4. The molecule has 0 saturated heterocycles. The molecule has 2 aromatic heterocycles. The molecule has 0 bridgehead atoms. The van der Waals surface area contributed by atoms with Crippen LogP contribution in [-0.4, -0.2) is 25.7 Å². The molecule has 3 N–H and O–H groups in total. The summed E-state index contributed by atoms with van der Waals surface area (Å²) in [7, 11) is 0. The van der Waals surface area contributed by atoms with Gasteiger partial charge in [-0.1, -0.05) is 0 Å². The molecule has 5 heteroatoms. The summed E-state index contributed by atoms with van der Waals surface area (Å²) in [5.74, 6) is 0.516. The summed E-state index contributed by atoms with van der Waals surface area (Å²) >= 11 is 0. The molecule has 16 heavy (non-hydrogen) atoms. The van der Waals surface area contributed by atoms with Gasteiger partial charge in [0.05, 0.1) is 11.5 Å². The van der Waals surface area contributed by atoms with Gasteiger partial charge in [0.2, 0.25) is 0 Å². The molecule has 0 radical (unpaired) electrons. The Morgan fingerprint density at radius 2 is 2.25 bits per heavy atom. The topological polar surface area (TPSA) is 77.0 Å². The van der Waals surface area contributed by atoms with Crippen molar-refractivity contribution in [2.75, 3.05) is 5.73 Å². The Bertz CT molecular complexity index is 522. The van der Waals surface area contributed by atoms with Crippen molar-refractivity contribution in [1.82, 2.24) is 14.5 Å². The Morgan fingerprint density at radius 3 is 3.00 bits per heavy atom. The second-order valence-corrected chi connectivity index (χ2v) is 4.34. The van der Waals surface area contributed by atoms with Gasteiger partial charge in [-0.15, -0.1) is 0 Å². The fraction of sp³-hybridized carbons (Fsp3) is 0.455. The van der Waals surface area contributed by atoms with Crippen molar-refractivity contribution in [2.45, 2.75) is 31.4 Å². The molecule has 2 atom stereocenters. The molecule has 1 fully saturated rings. The van der Waals surface area contributed by atoms with E-state index in [1.54, 1.807) is 0 Å². The van der Waals surface area contributed by atoms with E-state index < -0.39 is 0 Å². The van der Waals surface area contributed by atoms with E-state index in [2.05, 4.69) is 14.5 Å². The first-order valence-electron chi connectivity index (χ1n) is 5.51. The molecule has 2 heterocycles. The first kappa shape index (κ1) is 9.59. The molecule has 2 unspecified atom stereocenters. The summed E-state index contributed by atoms with van der Waals surface area (Å²) in [5, 5.41) is 10.4. The van der Waals surface area contributed by atoms with Gasteiger partial charge in [0.1, 0.15) is 17.8 Å². The highest BCUT2D eigenvalue weighted by Gasteiger charge is 2.25. The van der Waals surface area contributed by atoms with Crippen LogP contribution in [0.4, 0.5) is 5.82 Å². The zero-order valence-electron chi connectivity index (χ0n) is 8.87. The van der Waals surface area contributed by atoms with E-state index in [9.17, 15) is 5.11 Å². The molecule has 1 saturated carbocycles.